The molecule has 0 radical (unpaired) electrons. The number of fused-ring (bicyclic) bond motifs is 1. The average molecular weight is 407 g/mol. The van der Waals surface area contributed by atoms with Gasteiger partial charge in [0.2, 0.25) is 0 Å². The van der Waals surface area contributed by atoms with Crippen LogP contribution in [0.15, 0.2) is 60.7 Å². The Balaban J connectivity index is 2.08. The van der Waals surface area contributed by atoms with E-state index in [-0.39, 0.29) is 5.56 Å². The smallest absolute Gasteiger partial charge is 0.277 e. The Morgan fingerprint density at radius 1 is 0.900 bits per heavy atom. The standard InChI is InChI=1S/C22H21N3O5/c1-15(2)9-10-23(19-8-7-16-5-3-4-6-17(16)11-19)22(26)18-12-20(24(27)28)14-21(13-18)25(29)30/h3-8,11-15H,9-10H2,1-2H3. The first kappa shape index (κ1) is 20.9. The molecule has 8 nitrogen and oxygen atoms in total. The number of anilines is 1. The molecular formula is C22H21N3O5. The van der Waals surface area contributed by atoms with Gasteiger partial charge in [-0.3, -0.25) is 25.0 Å². The van der Waals surface area contributed by atoms with E-state index in [2.05, 4.69) is 0 Å². The number of nitrogens with zero attached hydrogens (tertiary/aromatic N) is 3. The van der Waals surface area contributed by atoms with Gasteiger partial charge in [-0.2, -0.15) is 0 Å². The third-order valence-electron chi connectivity index (χ3n) is 4.79. The maximum atomic E-state index is 13.3. The van der Waals surface area contributed by atoms with E-state index in [0.717, 1.165) is 29.0 Å². The number of nitro groups is 2. The molecule has 0 unspecified atom stereocenters. The summed E-state index contributed by atoms with van der Waals surface area (Å²) in [4.78, 5) is 35.8. The monoisotopic (exact) mass is 407 g/mol. The molecule has 3 aromatic carbocycles. The van der Waals surface area contributed by atoms with Gasteiger partial charge in [0.15, 0.2) is 0 Å². The SMILES string of the molecule is CC(C)CCN(C(=O)c1cc([N+](=O)[O-])cc([N+](=O)[O-])c1)c1ccc2ccccc2c1. The summed E-state index contributed by atoms with van der Waals surface area (Å²) in [6.45, 7) is 4.44. The summed E-state index contributed by atoms with van der Waals surface area (Å²) >= 11 is 0. The van der Waals surface area contributed by atoms with Crippen molar-refractivity contribution in [1.82, 2.24) is 0 Å². The maximum Gasteiger partial charge on any atom is 0.277 e. The van der Waals surface area contributed by atoms with Crippen molar-refractivity contribution in [2.45, 2.75) is 20.3 Å². The molecule has 30 heavy (non-hydrogen) atoms. The summed E-state index contributed by atoms with van der Waals surface area (Å²) in [6.07, 6.45) is 0.704. The van der Waals surface area contributed by atoms with Crippen molar-refractivity contribution in [3.63, 3.8) is 0 Å². The summed E-state index contributed by atoms with van der Waals surface area (Å²) in [5.41, 5.74) is -0.439. The fraction of sp³-hybridized carbons (Fsp3) is 0.227. The molecule has 0 N–H and O–H groups in total. The fourth-order valence-electron chi connectivity index (χ4n) is 3.17. The lowest BCUT2D eigenvalue weighted by molar-refractivity contribution is -0.394. The Kier molecular flexibility index (Phi) is 6.06. The highest BCUT2D eigenvalue weighted by Gasteiger charge is 2.24. The molecule has 3 rings (SSSR count). The number of hydrogen-bond donors (Lipinski definition) is 0. The van der Waals surface area contributed by atoms with Crippen molar-refractivity contribution in [3.8, 4) is 0 Å². The number of non-ortho nitro benzene ring substituents is 2. The van der Waals surface area contributed by atoms with Gasteiger partial charge >= 0.3 is 0 Å². The minimum atomic E-state index is -0.738. The Morgan fingerprint density at radius 3 is 2.07 bits per heavy atom. The number of hydrogen-bond acceptors (Lipinski definition) is 5. The van der Waals surface area contributed by atoms with Crippen LogP contribution in [0, 0.1) is 26.1 Å². The molecule has 0 aliphatic rings. The third-order valence-corrected chi connectivity index (χ3v) is 4.79. The van der Waals surface area contributed by atoms with Crippen LogP contribution in [-0.4, -0.2) is 22.3 Å². The minimum absolute atomic E-state index is 0.0900. The van der Waals surface area contributed by atoms with Crippen molar-refractivity contribution in [2.75, 3.05) is 11.4 Å². The van der Waals surface area contributed by atoms with Gasteiger partial charge in [-0.25, -0.2) is 0 Å². The molecule has 0 bridgehead atoms. The Morgan fingerprint density at radius 2 is 1.50 bits per heavy atom. The van der Waals surface area contributed by atoms with Crippen LogP contribution in [0.3, 0.4) is 0 Å². The first-order valence-electron chi connectivity index (χ1n) is 9.51. The number of nitro benzene ring substituents is 2. The zero-order chi connectivity index (χ0) is 21.8. The van der Waals surface area contributed by atoms with Gasteiger partial charge in [-0.15, -0.1) is 0 Å². The van der Waals surface area contributed by atoms with Gasteiger partial charge in [0.25, 0.3) is 17.3 Å². The highest BCUT2D eigenvalue weighted by molar-refractivity contribution is 6.07. The quantitative estimate of drug-likeness (QED) is 0.388. The van der Waals surface area contributed by atoms with E-state index in [0.29, 0.717) is 24.6 Å². The molecule has 0 spiro atoms. The van der Waals surface area contributed by atoms with Gasteiger partial charge in [-0.1, -0.05) is 44.2 Å². The van der Waals surface area contributed by atoms with Crippen LogP contribution in [0.1, 0.15) is 30.6 Å². The highest BCUT2D eigenvalue weighted by Crippen LogP contribution is 2.28. The van der Waals surface area contributed by atoms with Crippen molar-refractivity contribution in [2.24, 2.45) is 5.92 Å². The van der Waals surface area contributed by atoms with E-state index in [1.165, 1.54) is 4.90 Å². The number of amides is 1. The Bertz CT molecular complexity index is 1090. The summed E-state index contributed by atoms with van der Waals surface area (Å²) < 4.78 is 0. The number of benzene rings is 3. The molecule has 0 saturated carbocycles. The molecule has 0 heterocycles. The van der Waals surface area contributed by atoms with Crippen molar-refractivity contribution >= 4 is 33.7 Å². The van der Waals surface area contributed by atoms with Crippen molar-refractivity contribution < 1.29 is 14.6 Å². The molecule has 8 heteroatoms. The molecular weight excluding hydrogens is 386 g/mol. The molecule has 0 atom stereocenters. The van der Waals surface area contributed by atoms with Gasteiger partial charge in [0.1, 0.15) is 0 Å². The summed E-state index contributed by atoms with van der Waals surface area (Å²) in [5, 5.41) is 24.4. The first-order chi connectivity index (χ1) is 14.3. The lowest BCUT2D eigenvalue weighted by atomic mass is 10.1. The second kappa shape index (κ2) is 8.69. The van der Waals surface area contributed by atoms with Crippen LogP contribution in [0.5, 0.6) is 0 Å². The van der Waals surface area contributed by atoms with Crippen molar-refractivity contribution in [1.29, 1.82) is 0 Å². The zero-order valence-corrected chi connectivity index (χ0v) is 16.6. The van der Waals surface area contributed by atoms with Gasteiger partial charge < -0.3 is 4.90 Å². The maximum absolute atomic E-state index is 13.3. The van der Waals surface area contributed by atoms with Crippen LogP contribution in [0.25, 0.3) is 10.8 Å². The fourth-order valence-corrected chi connectivity index (χ4v) is 3.17. The molecule has 0 saturated heterocycles. The first-order valence-corrected chi connectivity index (χ1v) is 9.51. The van der Waals surface area contributed by atoms with Crippen LogP contribution >= 0.6 is 0 Å². The molecule has 0 aliphatic carbocycles. The minimum Gasteiger partial charge on any atom is -0.308 e. The number of carbonyl (C=O) groups is 1. The molecule has 3 aromatic rings. The van der Waals surface area contributed by atoms with Crippen molar-refractivity contribution in [3.05, 3.63) is 86.5 Å². The van der Waals surface area contributed by atoms with Gasteiger partial charge in [0, 0.05) is 24.4 Å². The van der Waals surface area contributed by atoms with Crippen LogP contribution in [0.4, 0.5) is 17.1 Å². The topological polar surface area (TPSA) is 107 Å². The highest BCUT2D eigenvalue weighted by atomic mass is 16.6. The predicted molar refractivity (Wildman–Crippen MR) is 115 cm³/mol. The summed E-state index contributed by atoms with van der Waals surface area (Å²) in [6, 6.07) is 16.3. The normalized spacial score (nSPS) is 10.9. The largest absolute Gasteiger partial charge is 0.308 e. The molecule has 154 valence electrons. The Labute approximate surface area is 173 Å². The molecule has 0 aromatic heterocycles. The van der Waals surface area contributed by atoms with Crippen LogP contribution in [0.2, 0.25) is 0 Å². The molecule has 0 aliphatic heterocycles. The average Bonchev–Trinajstić information content (AvgIpc) is 2.73. The van der Waals surface area contributed by atoms with Crippen LogP contribution in [-0.2, 0) is 0 Å². The Hall–Kier alpha value is -3.81. The van der Waals surface area contributed by atoms with E-state index in [9.17, 15) is 25.0 Å². The second-order valence-electron chi connectivity index (χ2n) is 7.42. The van der Waals surface area contributed by atoms with Crippen LogP contribution < -0.4 is 4.90 Å². The number of carbonyl (C=O) groups excluding carboxylic acids is 1. The van der Waals surface area contributed by atoms with E-state index in [1.54, 1.807) is 0 Å². The van der Waals surface area contributed by atoms with Gasteiger partial charge in [-0.05, 0) is 35.2 Å². The zero-order valence-electron chi connectivity index (χ0n) is 16.6. The summed E-state index contributed by atoms with van der Waals surface area (Å²) in [7, 11) is 0. The predicted octanol–water partition coefficient (Wildman–Crippen LogP) is 5.35. The summed E-state index contributed by atoms with van der Waals surface area (Å²) in [5.74, 6) is -0.196. The van der Waals surface area contributed by atoms with E-state index >= 15 is 0 Å². The lowest BCUT2D eigenvalue weighted by Gasteiger charge is -2.24. The number of rotatable bonds is 7. The second-order valence-corrected chi connectivity index (χ2v) is 7.42. The van der Waals surface area contributed by atoms with E-state index in [4.69, 9.17) is 0 Å². The molecule has 1 amide bonds. The molecule has 0 fully saturated rings. The van der Waals surface area contributed by atoms with Gasteiger partial charge in [0.05, 0.1) is 21.5 Å². The third kappa shape index (κ3) is 4.60. The lowest BCUT2D eigenvalue weighted by Crippen LogP contribution is -2.32. The van der Waals surface area contributed by atoms with E-state index < -0.39 is 27.1 Å². The van der Waals surface area contributed by atoms with E-state index in [1.807, 2.05) is 56.3 Å².